The Morgan fingerprint density at radius 3 is 3.05 bits per heavy atom. The van der Waals surface area contributed by atoms with Gasteiger partial charge in [0.2, 0.25) is 5.91 Å². The smallest absolute Gasteiger partial charge is 0.262 e. The molecule has 0 saturated carbocycles. The number of carbonyl (C=O) groups excluding carboxylic acids is 2. The van der Waals surface area contributed by atoms with E-state index in [2.05, 4.69) is 16.0 Å². The number of carbonyl (C=O) groups is 2. The fourth-order valence-corrected chi connectivity index (χ4v) is 2.72. The van der Waals surface area contributed by atoms with E-state index < -0.39 is 0 Å². The fourth-order valence-electron chi connectivity index (χ4n) is 2.51. The van der Waals surface area contributed by atoms with Crippen molar-refractivity contribution in [1.82, 2.24) is 5.32 Å². The first-order valence-corrected chi connectivity index (χ1v) is 7.29. The predicted molar refractivity (Wildman–Crippen MR) is 79.8 cm³/mol. The Morgan fingerprint density at radius 2 is 2.29 bits per heavy atom. The van der Waals surface area contributed by atoms with Gasteiger partial charge in [-0.05, 0) is 25.5 Å². The Bertz CT molecular complexity index is 585. The second-order valence-corrected chi connectivity index (χ2v) is 5.60. The van der Waals surface area contributed by atoms with E-state index in [1.807, 2.05) is 0 Å². The summed E-state index contributed by atoms with van der Waals surface area (Å²) in [6.07, 6.45) is 1.86. The molecule has 1 aromatic carbocycles. The molecule has 7 heteroatoms. The molecule has 2 aliphatic heterocycles. The summed E-state index contributed by atoms with van der Waals surface area (Å²) in [5.41, 5.74) is 1.02. The monoisotopic (exact) mass is 309 g/mol. The lowest BCUT2D eigenvalue weighted by Gasteiger charge is -2.23. The summed E-state index contributed by atoms with van der Waals surface area (Å²) in [6, 6.07) is 3.23. The lowest BCUT2D eigenvalue weighted by atomic mass is 9.99. The molecule has 0 spiro atoms. The molecule has 6 nitrogen and oxygen atoms in total. The minimum atomic E-state index is -0.219. The van der Waals surface area contributed by atoms with Gasteiger partial charge in [-0.25, -0.2) is 0 Å². The van der Waals surface area contributed by atoms with Crippen LogP contribution in [0.2, 0.25) is 5.02 Å². The van der Waals surface area contributed by atoms with E-state index in [4.69, 9.17) is 16.3 Å². The van der Waals surface area contributed by atoms with Crippen LogP contribution in [-0.2, 0) is 9.59 Å². The van der Waals surface area contributed by atoms with Crippen molar-refractivity contribution < 1.29 is 14.3 Å². The molecule has 21 heavy (non-hydrogen) atoms. The van der Waals surface area contributed by atoms with Gasteiger partial charge in [-0.1, -0.05) is 11.6 Å². The van der Waals surface area contributed by atoms with Gasteiger partial charge in [0.15, 0.2) is 6.61 Å². The molecule has 1 saturated heterocycles. The maximum absolute atomic E-state index is 12.2. The maximum Gasteiger partial charge on any atom is 0.262 e. The molecule has 0 unspecified atom stereocenters. The fraction of sp³-hybridized carbons (Fsp3) is 0.429. The number of ether oxygens (including phenoxy) is 1. The van der Waals surface area contributed by atoms with E-state index in [9.17, 15) is 9.59 Å². The first kappa shape index (κ1) is 14.2. The molecule has 1 aromatic rings. The molecule has 0 aliphatic carbocycles. The highest BCUT2D eigenvalue weighted by Crippen LogP contribution is 2.36. The molecule has 2 aliphatic rings. The van der Waals surface area contributed by atoms with Crippen molar-refractivity contribution in [2.24, 2.45) is 5.92 Å². The molecule has 0 bridgehead atoms. The molecular weight excluding hydrogens is 294 g/mol. The topological polar surface area (TPSA) is 79.5 Å². The third kappa shape index (κ3) is 3.11. The standard InChI is InChI=1S/C14H16ClN3O3/c15-9-4-11-12(21-7-13(19)17-11)5-10(9)18-14(20)8-2-1-3-16-6-8/h4-5,8,16H,1-3,6-7H2,(H,17,19)(H,18,20)/t8-/m1/s1. The Balaban J connectivity index is 1.76. The Morgan fingerprint density at radius 1 is 1.43 bits per heavy atom. The zero-order chi connectivity index (χ0) is 14.8. The van der Waals surface area contributed by atoms with E-state index >= 15 is 0 Å². The second-order valence-electron chi connectivity index (χ2n) is 5.20. The van der Waals surface area contributed by atoms with Gasteiger partial charge in [-0.15, -0.1) is 0 Å². The minimum Gasteiger partial charge on any atom is -0.482 e. The SMILES string of the molecule is O=C1COc2cc(NC(=O)[C@@H]3CCCNC3)c(Cl)cc2N1. The molecule has 112 valence electrons. The number of amides is 2. The summed E-state index contributed by atoms with van der Waals surface area (Å²) in [5.74, 6) is 0.190. The van der Waals surface area contributed by atoms with Crippen molar-refractivity contribution in [2.75, 3.05) is 30.3 Å². The van der Waals surface area contributed by atoms with Crippen molar-refractivity contribution in [3.05, 3.63) is 17.2 Å². The number of halogens is 1. The predicted octanol–water partition coefficient (Wildman–Crippen LogP) is 1.61. The van der Waals surface area contributed by atoms with Crippen LogP contribution in [0.15, 0.2) is 12.1 Å². The average molecular weight is 310 g/mol. The minimum absolute atomic E-state index is 0.0332. The number of hydrogen-bond acceptors (Lipinski definition) is 4. The molecule has 1 atom stereocenters. The van der Waals surface area contributed by atoms with Crippen molar-refractivity contribution in [1.29, 1.82) is 0 Å². The number of hydrogen-bond donors (Lipinski definition) is 3. The second kappa shape index (κ2) is 5.91. The molecule has 2 heterocycles. The van der Waals surface area contributed by atoms with E-state index in [0.717, 1.165) is 19.4 Å². The highest BCUT2D eigenvalue weighted by atomic mass is 35.5. The Kier molecular flexibility index (Phi) is 3.98. The Hall–Kier alpha value is -1.79. The molecule has 2 amide bonds. The first-order valence-electron chi connectivity index (χ1n) is 6.91. The molecule has 1 fully saturated rings. The van der Waals surface area contributed by atoms with Gasteiger partial charge >= 0.3 is 0 Å². The van der Waals surface area contributed by atoms with Crippen LogP contribution in [0.25, 0.3) is 0 Å². The third-order valence-corrected chi connectivity index (χ3v) is 3.94. The maximum atomic E-state index is 12.2. The molecular formula is C14H16ClN3O3. The van der Waals surface area contributed by atoms with Crippen molar-refractivity contribution in [3.8, 4) is 5.75 Å². The van der Waals surface area contributed by atoms with Crippen molar-refractivity contribution in [3.63, 3.8) is 0 Å². The number of benzene rings is 1. The summed E-state index contributed by atoms with van der Waals surface area (Å²) >= 11 is 6.15. The lowest BCUT2D eigenvalue weighted by Crippen LogP contribution is -2.37. The normalized spacial score (nSPS) is 21.0. The number of piperidine rings is 1. The van der Waals surface area contributed by atoms with Crippen molar-refractivity contribution >= 4 is 34.8 Å². The van der Waals surface area contributed by atoms with Crippen LogP contribution < -0.4 is 20.7 Å². The summed E-state index contributed by atoms with van der Waals surface area (Å²) in [6.45, 7) is 1.60. The Labute approximate surface area is 127 Å². The number of nitrogens with one attached hydrogen (secondary N) is 3. The van der Waals surface area contributed by atoms with Crippen LogP contribution in [0.1, 0.15) is 12.8 Å². The van der Waals surface area contributed by atoms with Crippen molar-refractivity contribution in [2.45, 2.75) is 12.8 Å². The lowest BCUT2D eigenvalue weighted by molar-refractivity contribution is -0.120. The zero-order valence-electron chi connectivity index (χ0n) is 11.4. The highest BCUT2D eigenvalue weighted by molar-refractivity contribution is 6.34. The van der Waals surface area contributed by atoms with Crippen LogP contribution in [0.3, 0.4) is 0 Å². The van der Waals surface area contributed by atoms with Crippen LogP contribution in [0.4, 0.5) is 11.4 Å². The van der Waals surface area contributed by atoms with E-state index in [-0.39, 0.29) is 24.3 Å². The first-order chi connectivity index (χ1) is 10.1. The van der Waals surface area contributed by atoms with Gasteiger partial charge in [0.05, 0.1) is 22.3 Å². The third-order valence-electron chi connectivity index (χ3n) is 3.63. The summed E-state index contributed by atoms with van der Waals surface area (Å²) < 4.78 is 5.32. The largest absolute Gasteiger partial charge is 0.482 e. The van der Waals surface area contributed by atoms with E-state index in [1.54, 1.807) is 12.1 Å². The molecule has 0 radical (unpaired) electrons. The molecule has 3 rings (SSSR count). The summed E-state index contributed by atoms with van der Waals surface area (Å²) in [7, 11) is 0. The van der Waals surface area contributed by atoms with E-state index in [1.165, 1.54) is 0 Å². The van der Waals surface area contributed by atoms with Gasteiger partial charge in [0.1, 0.15) is 5.75 Å². The number of rotatable bonds is 2. The molecule has 3 N–H and O–H groups in total. The number of fused-ring (bicyclic) bond motifs is 1. The van der Waals surface area contributed by atoms with Crippen LogP contribution in [-0.4, -0.2) is 31.5 Å². The van der Waals surface area contributed by atoms with Crippen LogP contribution in [0.5, 0.6) is 5.75 Å². The highest BCUT2D eigenvalue weighted by Gasteiger charge is 2.23. The summed E-state index contributed by atoms with van der Waals surface area (Å²) in [4.78, 5) is 23.5. The van der Waals surface area contributed by atoms with Gasteiger partial charge in [-0.2, -0.15) is 0 Å². The zero-order valence-corrected chi connectivity index (χ0v) is 12.1. The van der Waals surface area contributed by atoms with Gasteiger partial charge in [0, 0.05) is 12.6 Å². The van der Waals surface area contributed by atoms with Gasteiger partial charge < -0.3 is 20.7 Å². The average Bonchev–Trinajstić information content (AvgIpc) is 2.49. The number of anilines is 2. The van der Waals surface area contributed by atoms with Gasteiger partial charge in [0.25, 0.3) is 5.91 Å². The van der Waals surface area contributed by atoms with E-state index in [0.29, 0.717) is 28.7 Å². The quantitative estimate of drug-likeness (QED) is 0.775. The van der Waals surface area contributed by atoms with Crippen LogP contribution >= 0.6 is 11.6 Å². The summed E-state index contributed by atoms with van der Waals surface area (Å²) in [5, 5.41) is 9.09. The van der Waals surface area contributed by atoms with Gasteiger partial charge in [-0.3, -0.25) is 9.59 Å². The molecule has 0 aromatic heterocycles. The van der Waals surface area contributed by atoms with Crippen LogP contribution in [0, 0.1) is 5.92 Å².